The summed E-state index contributed by atoms with van der Waals surface area (Å²) in [5.41, 5.74) is 5.19. The van der Waals surface area contributed by atoms with Crippen molar-refractivity contribution in [1.82, 2.24) is 5.32 Å². The molecule has 1 atom stereocenters. The zero-order chi connectivity index (χ0) is 16.3. The minimum Gasteiger partial charge on any atom is -0.387 e. The Morgan fingerprint density at radius 1 is 1.00 bits per heavy atom. The van der Waals surface area contributed by atoms with Gasteiger partial charge in [-0.25, -0.2) is 8.78 Å². The zero-order valence-electron chi connectivity index (χ0n) is 13.1. The third kappa shape index (κ3) is 3.90. The van der Waals surface area contributed by atoms with Crippen LogP contribution in [0.1, 0.15) is 33.9 Å². The molecule has 0 aliphatic heterocycles. The molecule has 0 saturated carbocycles. The molecular formula is C18H21F2NO. The summed E-state index contributed by atoms with van der Waals surface area (Å²) in [6.07, 6.45) is -0.874. The van der Waals surface area contributed by atoms with E-state index in [0.29, 0.717) is 12.1 Å². The van der Waals surface area contributed by atoms with Crippen molar-refractivity contribution in [1.29, 1.82) is 0 Å². The van der Waals surface area contributed by atoms with E-state index in [1.807, 2.05) is 0 Å². The molecule has 0 amide bonds. The number of benzene rings is 2. The van der Waals surface area contributed by atoms with Crippen LogP contribution in [0.3, 0.4) is 0 Å². The topological polar surface area (TPSA) is 32.3 Å². The quantitative estimate of drug-likeness (QED) is 0.882. The summed E-state index contributed by atoms with van der Waals surface area (Å²) in [4.78, 5) is 0. The minimum atomic E-state index is -0.943. The van der Waals surface area contributed by atoms with Crippen LogP contribution in [-0.4, -0.2) is 11.7 Å². The van der Waals surface area contributed by atoms with Gasteiger partial charge in [0.2, 0.25) is 0 Å². The van der Waals surface area contributed by atoms with Crippen molar-refractivity contribution in [2.75, 3.05) is 6.54 Å². The molecule has 0 bridgehead atoms. The van der Waals surface area contributed by atoms with Gasteiger partial charge < -0.3 is 10.4 Å². The predicted molar refractivity (Wildman–Crippen MR) is 83.7 cm³/mol. The van der Waals surface area contributed by atoms with Gasteiger partial charge in [0.1, 0.15) is 0 Å². The fourth-order valence-corrected chi connectivity index (χ4v) is 2.66. The van der Waals surface area contributed by atoms with Crippen LogP contribution < -0.4 is 5.32 Å². The van der Waals surface area contributed by atoms with Gasteiger partial charge in [-0.05, 0) is 55.2 Å². The molecule has 2 aromatic rings. The molecule has 0 spiro atoms. The van der Waals surface area contributed by atoms with Crippen LogP contribution in [0.25, 0.3) is 0 Å². The van der Waals surface area contributed by atoms with E-state index in [-0.39, 0.29) is 6.54 Å². The monoisotopic (exact) mass is 305 g/mol. The van der Waals surface area contributed by atoms with Gasteiger partial charge >= 0.3 is 0 Å². The summed E-state index contributed by atoms with van der Waals surface area (Å²) >= 11 is 0. The highest BCUT2D eigenvalue weighted by Gasteiger charge is 2.11. The molecule has 0 unspecified atom stereocenters. The standard InChI is InChI=1S/C18H21F2NO/c1-11-6-12(2)15(13(3)7-11)9-21-10-18(22)14-4-5-16(19)17(20)8-14/h4-8,18,21-22H,9-10H2,1-3H3/t18-/m0/s1. The molecule has 0 saturated heterocycles. The lowest BCUT2D eigenvalue weighted by Gasteiger charge is -2.15. The van der Waals surface area contributed by atoms with Crippen LogP contribution in [0.15, 0.2) is 30.3 Å². The molecule has 2 rings (SSSR count). The van der Waals surface area contributed by atoms with E-state index in [9.17, 15) is 13.9 Å². The van der Waals surface area contributed by atoms with Gasteiger partial charge in [0.05, 0.1) is 6.10 Å². The molecule has 0 aliphatic carbocycles. The zero-order valence-corrected chi connectivity index (χ0v) is 13.1. The molecule has 0 fully saturated rings. The Hall–Kier alpha value is -1.78. The molecular weight excluding hydrogens is 284 g/mol. The second kappa shape index (κ2) is 6.99. The van der Waals surface area contributed by atoms with Crippen molar-refractivity contribution in [2.45, 2.75) is 33.4 Å². The maximum absolute atomic E-state index is 13.2. The first-order valence-corrected chi connectivity index (χ1v) is 7.29. The summed E-state index contributed by atoms with van der Waals surface area (Å²) in [6.45, 7) is 7.08. The fraction of sp³-hybridized carbons (Fsp3) is 0.333. The highest BCUT2D eigenvalue weighted by molar-refractivity contribution is 5.37. The Bertz CT molecular complexity index is 647. The van der Waals surface area contributed by atoms with Gasteiger partial charge in [0, 0.05) is 13.1 Å². The number of aliphatic hydroxyl groups excluding tert-OH is 1. The van der Waals surface area contributed by atoms with E-state index in [4.69, 9.17) is 0 Å². The van der Waals surface area contributed by atoms with Crippen LogP contribution >= 0.6 is 0 Å². The molecule has 2 N–H and O–H groups in total. The van der Waals surface area contributed by atoms with E-state index in [1.165, 1.54) is 28.3 Å². The molecule has 118 valence electrons. The van der Waals surface area contributed by atoms with Gasteiger partial charge in [-0.1, -0.05) is 23.8 Å². The molecule has 22 heavy (non-hydrogen) atoms. The van der Waals surface area contributed by atoms with Crippen LogP contribution in [-0.2, 0) is 6.54 Å². The van der Waals surface area contributed by atoms with E-state index in [0.717, 1.165) is 12.1 Å². The van der Waals surface area contributed by atoms with Crippen molar-refractivity contribution in [3.8, 4) is 0 Å². The lowest BCUT2D eigenvalue weighted by atomic mass is 10.00. The van der Waals surface area contributed by atoms with Crippen molar-refractivity contribution >= 4 is 0 Å². The van der Waals surface area contributed by atoms with Gasteiger partial charge in [0.25, 0.3) is 0 Å². The van der Waals surface area contributed by atoms with Crippen molar-refractivity contribution < 1.29 is 13.9 Å². The normalized spacial score (nSPS) is 12.5. The van der Waals surface area contributed by atoms with Crippen molar-refractivity contribution in [3.63, 3.8) is 0 Å². The molecule has 0 aromatic heterocycles. The van der Waals surface area contributed by atoms with E-state index < -0.39 is 17.7 Å². The lowest BCUT2D eigenvalue weighted by molar-refractivity contribution is 0.173. The highest BCUT2D eigenvalue weighted by atomic mass is 19.2. The van der Waals surface area contributed by atoms with Gasteiger partial charge in [-0.2, -0.15) is 0 Å². The largest absolute Gasteiger partial charge is 0.387 e. The maximum Gasteiger partial charge on any atom is 0.159 e. The van der Waals surface area contributed by atoms with Gasteiger partial charge in [-0.15, -0.1) is 0 Å². The van der Waals surface area contributed by atoms with Crippen molar-refractivity contribution in [2.24, 2.45) is 0 Å². The molecule has 0 aliphatic rings. The van der Waals surface area contributed by atoms with Gasteiger partial charge in [-0.3, -0.25) is 0 Å². The van der Waals surface area contributed by atoms with Crippen LogP contribution in [0.2, 0.25) is 0 Å². The average Bonchev–Trinajstić information content (AvgIpc) is 2.44. The Balaban J connectivity index is 1.97. The minimum absolute atomic E-state index is 0.276. The first kappa shape index (κ1) is 16.6. The number of aryl methyl sites for hydroxylation is 3. The van der Waals surface area contributed by atoms with E-state index in [1.54, 1.807) is 0 Å². The first-order chi connectivity index (χ1) is 10.4. The Kier molecular flexibility index (Phi) is 5.27. The van der Waals surface area contributed by atoms with Gasteiger partial charge in [0.15, 0.2) is 11.6 Å². The van der Waals surface area contributed by atoms with Crippen molar-refractivity contribution in [3.05, 3.63) is 69.8 Å². The molecule has 4 heteroatoms. The summed E-state index contributed by atoms with van der Waals surface area (Å²) in [6, 6.07) is 7.70. The van der Waals surface area contributed by atoms with Crippen LogP contribution in [0.4, 0.5) is 8.78 Å². The number of nitrogens with one attached hydrogen (secondary N) is 1. The van der Waals surface area contributed by atoms with E-state index in [2.05, 4.69) is 38.2 Å². The third-order valence-corrected chi connectivity index (χ3v) is 3.81. The Labute approximate surface area is 129 Å². The number of hydrogen-bond acceptors (Lipinski definition) is 2. The smallest absolute Gasteiger partial charge is 0.159 e. The second-order valence-electron chi connectivity index (χ2n) is 5.70. The van der Waals surface area contributed by atoms with Crippen LogP contribution in [0, 0.1) is 32.4 Å². The fourth-order valence-electron chi connectivity index (χ4n) is 2.66. The summed E-state index contributed by atoms with van der Waals surface area (Å²) in [5.74, 6) is -1.85. The Morgan fingerprint density at radius 3 is 2.23 bits per heavy atom. The highest BCUT2D eigenvalue weighted by Crippen LogP contribution is 2.18. The number of halogens is 2. The molecule has 0 heterocycles. The summed E-state index contributed by atoms with van der Waals surface area (Å²) in [7, 11) is 0. The first-order valence-electron chi connectivity index (χ1n) is 7.29. The number of hydrogen-bond donors (Lipinski definition) is 2. The average molecular weight is 305 g/mol. The third-order valence-electron chi connectivity index (χ3n) is 3.81. The SMILES string of the molecule is Cc1cc(C)c(CNC[C@H](O)c2ccc(F)c(F)c2)c(C)c1. The lowest BCUT2D eigenvalue weighted by Crippen LogP contribution is -2.22. The summed E-state index contributed by atoms with van der Waals surface area (Å²) in [5, 5.41) is 13.2. The predicted octanol–water partition coefficient (Wildman–Crippen LogP) is 3.71. The second-order valence-corrected chi connectivity index (χ2v) is 5.70. The number of aliphatic hydroxyl groups is 1. The molecule has 2 nitrogen and oxygen atoms in total. The molecule has 2 aromatic carbocycles. The van der Waals surface area contributed by atoms with E-state index >= 15 is 0 Å². The molecule has 0 radical (unpaired) electrons. The summed E-state index contributed by atoms with van der Waals surface area (Å²) < 4.78 is 26.0. The Morgan fingerprint density at radius 2 is 1.64 bits per heavy atom. The maximum atomic E-state index is 13.2. The number of rotatable bonds is 5. The van der Waals surface area contributed by atoms with Crippen LogP contribution in [0.5, 0.6) is 0 Å².